The largest absolute Gasteiger partial charge is 0.326 e. The normalized spacial score (nSPS) is 14.7. The van der Waals surface area contributed by atoms with Crippen molar-refractivity contribution >= 4 is 39.7 Å². The molecule has 0 saturated carbocycles. The Balaban J connectivity index is 0.00000280. The lowest BCUT2D eigenvalue weighted by Crippen LogP contribution is -2.28. The van der Waals surface area contributed by atoms with Gasteiger partial charge in [-0.05, 0) is 68.6 Å². The molecule has 0 aliphatic carbocycles. The Morgan fingerprint density at radius 3 is 2.39 bits per heavy atom. The van der Waals surface area contributed by atoms with Gasteiger partial charge in [0.2, 0.25) is 5.91 Å². The van der Waals surface area contributed by atoms with Crippen LogP contribution in [0.25, 0.3) is 0 Å². The molecule has 0 aromatic heterocycles. The number of benzene rings is 2. The van der Waals surface area contributed by atoms with Crippen LogP contribution in [0.15, 0.2) is 59.5 Å². The minimum Gasteiger partial charge on any atom is -0.326 e. The summed E-state index contributed by atoms with van der Waals surface area (Å²) in [5, 5.41) is 6.13. The number of anilines is 2. The predicted molar refractivity (Wildman–Crippen MR) is 114 cm³/mol. The van der Waals surface area contributed by atoms with E-state index in [9.17, 15) is 13.2 Å². The predicted octanol–water partition coefficient (Wildman–Crippen LogP) is 3.63. The SMILES string of the molecule is Cl.O=C(CCC1CCNCC1)Nc1cccc(S(=O)(=O)Nc2ccccc2)c1. The Kier molecular flexibility index (Phi) is 8.29. The quantitative estimate of drug-likeness (QED) is 0.634. The van der Waals surface area contributed by atoms with Crippen molar-refractivity contribution in [1.82, 2.24) is 5.32 Å². The first-order valence-corrected chi connectivity index (χ1v) is 10.7. The van der Waals surface area contributed by atoms with E-state index in [4.69, 9.17) is 0 Å². The van der Waals surface area contributed by atoms with E-state index < -0.39 is 10.0 Å². The summed E-state index contributed by atoms with van der Waals surface area (Å²) < 4.78 is 27.6. The van der Waals surface area contributed by atoms with E-state index in [0.717, 1.165) is 32.4 Å². The molecule has 2 aromatic rings. The molecule has 28 heavy (non-hydrogen) atoms. The molecular formula is C20H26ClN3O3S. The molecule has 0 atom stereocenters. The summed E-state index contributed by atoms with van der Waals surface area (Å²) in [5.74, 6) is 0.498. The van der Waals surface area contributed by atoms with Gasteiger partial charge in [-0.15, -0.1) is 12.4 Å². The zero-order valence-electron chi connectivity index (χ0n) is 15.6. The molecule has 1 fully saturated rings. The molecule has 1 heterocycles. The van der Waals surface area contributed by atoms with Gasteiger partial charge in [-0.2, -0.15) is 0 Å². The summed E-state index contributed by atoms with van der Waals surface area (Å²) >= 11 is 0. The van der Waals surface area contributed by atoms with Gasteiger partial charge in [-0.25, -0.2) is 8.42 Å². The van der Waals surface area contributed by atoms with E-state index in [1.165, 1.54) is 12.1 Å². The summed E-state index contributed by atoms with van der Waals surface area (Å²) in [7, 11) is -3.71. The lowest BCUT2D eigenvalue weighted by atomic mass is 9.93. The topological polar surface area (TPSA) is 87.3 Å². The third-order valence-electron chi connectivity index (χ3n) is 4.69. The summed E-state index contributed by atoms with van der Waals surface area (Å²) in [5.41, 5.74) is 0.982. The van der Waals surface area contributed by atoms with Crippen molar-refractivity contribution in [3.8, 4) is 0 Å². The van der Waals surface area contributed by atoms with Crippen LogP contribution in [-0.4, -0.2) is 27.4 Å². The number of carbonyl (C=O) groups excluding carboxylic acids is 1. The minimum absolute atomic E-state index is 0. The first kappa shape index (κ1) is 22.2. The Labute approximate surface area is 172 Å². The zero-order valence-corrected chi connectivity index (χ0v) is 17.2. The molecule has 1 aliphatic heterocycles. The van der Waals surface area contributed by atoms with Gasteiger partial charge in [0.05, 0.1) is 4.90 Å². The number of sulfonamides is 1. The van der Waals surface area contributed by atoms with E-state index in [1.54, 1.807) is 36.4 Å². The van der Waals surface area contributed by atoms with Crippen molar-refractivity contribution in [3.05, 3.63) is 54.6 Å². The van der Waals surface area contributed by atoms with Crippen molar-refractivity contribution in [1.29, 1.82) is 0 Å². The maximum absolute atomic E-state index is 12.5. The number of halogens is 1. The maximum atomic E-state index is 12.5. The number of amides is 1. The van der Waals surface area contributed by atoms with Crippen LogP contribution in [0.3, 0.4) is 0 Å². The molecule has 0 unspecified atom stereocenters. The number of piperidine rings is 1. The monoisotopic (exact) mass is 423 g/mol. The van der Waals surface area contributed by atoms with E-state index in [1.807, 2.05) is 6.07 Å². The standard InChI is InChI=1S/C20H25N3O3S.ClH/c24-20(10-9-16-11-13-21-14-12-16)22-18-7-4-8-19(15-18)27(25,26)23-17-5-2-1-3-6-17;/h1-8,15-16,21,23H,9-14H2,(H,22,24);1H. The van der Waals surface area contributed by atoms with Gasteiger partial charge in [0, 0.05) is 17.8 Å². The molecule has 3 rings (SSSR count). The fourth-order valence-corrected chi connectivity index (χ4v) is 4.29. The van der Waals surface area contributed by atoms with E-state index in [2.05, 4.69) is 15.4 Å². The van der Waals surface area contributed by atoms with E-state index in [-0.39, 0.29) is 23.2 Å². The summed E-state index contributed by atoms with van der Waals surface area (Å²) in [6.07, 6.45) is 3.52. The molecule has 0 radical (unpaired) electrons. The first-order valence-electron chi connectivity index (χ1n) is 9.21. The Bertz CT molecular complexity index is 869. The van der Waals surface area contributed by atoms with Gasteiger partial charge in [0.15, 0.2) is 0 Å². The second-order valence-electron chi connectivity index (χ2n) is 6.78. The molecule has 1 aliphatic rings. The van der Waals surface area contributed by atoms with Crippen molar-refractivity contribution in [2.24, 2.45) is 5.92 Å². The maximum Gasteiger partial charge on any atom is 0.261 e. The number of carbonyl (C=O) groups is 1. The lowest BCUT2D eigenvalue weighted by Gasteiger charge is -2.22. The van der Waals surface area contributed by atoms with E-state index in [0.29, 0.717) is 23.7 Å². The van der Waals surface area contributed by atoms with Crippen LogP contribution in [-0.2, 0) is 14.8 Å². The van der Waals surface area contributed by atoms with Crippen molar-refractivity contribution in [2.75, 3.05) is 23.1 Å². The molecule has 2 aromatic carbocycles. The number of hydrogen-bond acceptors (Lipinski definition) is 4. The number of nitrogens with one attached hydrogen (secondary N) is 3. The summed E-state index contributed by atoms with van der Waals surface area (Å²) in [4.78, 5) is 12.3. The highest BCUT2D eigenvalue weighted by atomic mass is 35.5. The molecule has 1 amide bonds. The van der Waals surface area contributed by atoms with Crippen LogP contribution in [0.2, 0.25) is 0 Å². The molecule has 8 heteroatoms. The zero-order chi connectivity index (χ0) is 19.1. The number of para-hydroxylation sites is 1. The average molecular weight is 424 g/mol. The van der Waals surface area contributed by atoms with Gasteiger partial charge in [-0.3, -0.25) is 9.52 Å². The second-order valence-corrected chi connectivity index (χ2v) is 8.46. The first-order chi connectivity index (χ1) is 13.0. The Hall–Kier alpha value is -2.09. The van der Waals surface area contributed by atoms with Crippen molar-refractivity contribution in [3.63, 3.8) is 0 Å². The summed E-state index contributed by atoms with van der Waals surface area (Å²) in [6.45, 7) is 2.03. The van der Waals surface area contributed by atoms with Crippen LogP contribution in [0.1, 0.15) is 25.7 Å². The van der Waals surface area contributed by atoms with Gasteiger partial charge in [0.25, 0.3) is 10.0 Å². The lowest BCUT2D eigenvalue weighted by molar-refractivity contribution is -0.116. The molecule has 1 saturated heterocycles. The van der Waals surface area contributed by atoms with Gasteiger partial charge in [-0.1, -0.05) is 24.3 Å². The third kappa shape index (κ3) is 6.51. The van der Waals surface area contributed by atoms with Gasteiger partial charge >= 0.3 is 0 Å². The van der Waals surface area contributed by atoms with Crippen LogP contribution < -0.4 is 15.4 Å². The highest BCUT2D eigenvalue weighted by Gasteiger charge is 2.17. The van der Waals surface area contributed by atoms with Gasteiger partial charge in [0.1, 0.15) is 0 Å². The summed E-state index contributed by atoms with van der Waals surface area (Å²) in [6, 6.07) is 15.0. The fraction of sp³-hybridized carbons (Fsp3) is 0.350. The third-order valence-corrected chi connectivity index (χ3v) is 6.07. The van der Waals surface area contributed by atoms with Gasteiger partial charge < -0.3 is 10.6 Å². The highest BCUT2D eigenvalue weighted by molar-refractivity contribution is 7.92. The average Bonchev–Trinajstić information content (AvgIpc) is 2.68. The Morgan fingerprint density at radius 1 is 1.00 bits per heavy atom. The van der Waals surface area contributed by atoms with Crippen LogP contribution >= 0.6 is 12.4 Å². The minimum atomic E-state index is -3.71. The molecule has 3 N–H and O–H groups in total. The van der Waals surface area contributed by atoms with E-state index >= 15 is 0 Å². The molecule has 152 valence electrons. The number of hydrogen-bond donors (Lipinski definition) is 3. The van der Waals surface area contributed by atoms with Crippen LogP contribution in [0, 0.1) is 5.92 Å². The van der Waals surface area contributed by atoms with Crippen molar-refractivity contribution < 1.29 is 13.2 Å². The molecule has 6 nitrogen and oxygen atoms in total. The van der Waals surface area contributed by atoms with Crippen LogP contribution in [0.5, 0.6) is 0 Å². The molecular weight excluding hydrogens is 398 g/mol. The number of rotatable bonds is 7. The molecule has 0 bridgehead atoms. The smallest absolute Gasteiger partial charge is 0.261 e. The highest BCUT2D eigenvalue weighted by Crippen LogP contribution is 2.21. The second kappa shape index (κ2) is 10.5. The molecule has 0 spiro atoms. The van der Waals surface area contributed by atoms with Crippen molar-refractivity contribution in [2.45, 2.75) is 30.6 Å². The fourth-order valence-electron chi connectivity index (χ4n) is 3.19. The Morgan fingerprint density at radius 2 is 1.68 bits per heavy atom. The van der Waals surface area contributed by atoms with Crippen LogP contribution in [0.4, 0.5) is 11.4 Å².